The van der Waals surface area contributed by atoms with Crippen molar-refractivity contribution < 1.29 is 19.1 Å². The zero-order chi connectivity index (χ0) is 24.0. The molecule has 0 saturated carbocycles. The van der Waals surface area contributed by atoms with Crippen molar-refractivity contribution >= 4 is 58.2 Å². The Bertz CT molecular complexity index is 1340. The van der Waals surface area contributed by atoms with E-state index in [0.29, 0.717) is 20.6 Å². The quantitative estimate of drug-likeness (QED) is 0.379. The maximum Gasteiger partial charge on any atom is 0.326 e. The summed E-state index contributed by atoms with van der Waals surface area (Å²) in [6.07, 6.45) is 3.26. The predicted molar refractivity (Wildman–Crippen MR) is 128 cm³/mol. The molecule has 11 heteroatoms. The SMILES string of the molecule is CCOC(=O)Cn1c2c(sc1=O)[C@H](c1cccnc1)C1C(=O)N(c3ccc(Cl)cc3)C(=O)C1S2. The first-order chi connectivity index (χ1) is 16.4. The van der Waals surface area contributed by atoms with Gasteiger partial charge in [-0.3, -0.25) is 28.7 Å². The highest BCUT2D eigenvalue weighted by molar-refractivity contribution is 8.00. The summed E-state index contributed by atoms with van der Waals surface area (Å²) in [5, 5.41) is 0.244. The molecule has 0 spiro atoms. The molecule has 4 heterocycles. The van der Waals surface area contributed by atoms with Gasteiger partial charge < -0.3 is 4.74 Å². The molecule has 34 heavy (non-hydrogen) atoms. The van der Waals surface area contributed by atoms with Crippen molar-refractivity contribution in [3.8, 4) is 0 Å². The molecular formula is C23H18ClN3O5S2. The van der Waals surface area contributed by atoms with Crippen LogP contribution in [0, 0.1) is 5.92 Å². The molecule has 2 aliphatic heterocycles. The fraction of sp³-hybridized carbons (Fsp3) is 0.261. The fourth-order valence-electron chi connectivity index (χ4n) is 4.35. The lowest BCUT2D eigenvalue weighted by Gasteiger charge is -2.30. The molecule has 1 aromatic carbocycles. The molecule has 3 atom stereocenters. The Morgan fingerprint density at radius 3 is 2.59 bits per heavy atom. The number of pyridine rings is 1. The summed E-state index contributed by atoms with van der Waals surface area (Å²) >= 11 is 8.13. The van der Waals surface area contributed by atoms with Crippen LogP contribution < -0.4 is 9.77 Å². The Morgan fingerprint density at radius 2 is 1.91 bits per heavy atom. The average molecular weight is 516 g/mol. The molecule has 1 saturated heterocycles. The maximum absolute atomic E-state index is 13.7. The number of hydrogen-bond acceptors (Lipinski definition) is 8. The summed E-state index contributed by atoms with van der Waals surface area (Å²) in [5.74, 6) is -2.53. The number of esters is 1. The van der Waals surface area contributed by atoms with Crippen LogP contribution in [0.4, 0.5) is 5.69 Å². The number of benzene rings is 1. The van der Waals surface area contributed by atoms with Crippen molar-refractivity contribution in [3.05, 3.63) is 73.9 Å². The van der Waals surface area contributed by atoms with Crippen molar-refractivity contribution in [2.75, 3.05) is 11.5 Å². The van der Waals surface area contributed by atoms with Crippen molar-refractivity contribution in [3.63, 3.8) is 0 Å². The number of halogens is 1. The smallest absolute Gasteiger partial charge is 0.326 e. The second-order valence-corrected chi connectivity index (χ2v) is 10.3. The number of imide groups is 1. The van der Waals surface area contributed by atoms with Crippen LogP contribution in [-0.4, -0.2) is 39.2 Å². The third-order valence-corrected chi connectivity index (χ3v) is 8.63. The Hall–Kier alpha value is -2.95. The molecule has 2 aromatic heterocycles. The monoisotopic (exact) mass is 515 g/mol. The van der Waals surface area contributed by atoms with E-state index < -0.39 is 23.1 Å². The number of carbonyl (C=O) groups excluding carboxylic acids is 3. The highest BCUT2D eigenvalue weighted by Gasteiger charge is 2.56. The number of rotatable bonds is 5. The van der Waals surface area contributed by atoms with Crippen LogP contribution in [0.5, 0.6) is 0 Å². The summed E-state index contributed by atoms with van der Waals surface area (Å²) in [4.78, 5) is 57.9. The molecule has 0 bridgehead atoms. The Labute approximate surface area is 207 Å². The first kappa shape index (κ1) is 22.8. The van der Waals surface area contributed by atoms with E-state index >= 15 is 0 Å². The van der Waals surface area contributed by atoms with E-state index in [0.717, 1.165) is 28.7 Å². The number of thiazole rings is 1. The van der Waals surface area contributed by atoms with Crippen molar-refractivity contribution in [1.29, 1.82) is 0 Å². The van der Waals surface area contributed by atoms with Gasteiger partial charge in [-0.1, -0.05) is 40.8 Å². The van der Waals surface area contributed by atoms with Gasteiger partial charge in [0.15, 0.2) is 0 Å². The summed E-state index contributed by atoms with van der Waals surface area (Å²) in [6, 6.07) is 10.1. The second kappa shape index (κ2) is 9.01. The molecule has 2 aliphatic rings. The molecule has 2 amide bonds. The molecule has 1 fully saturated rings. The average Bonchev–Trinajstić information content (AvgIpc) is 3.27. The highest BCUT2D eigenvalue weighted by atomic mass is 35.5. The Balaban J connectivity index is 1.63. The lowest BCUT2D eigenvalue weighted by molar-refractivity contribution is -0.144. The van der Waals surface area contributed by atoms with Crippen LogP contribution in [-0.2, 0) is 25.7 Å². The van der Waals surface area contributed by atoms with Crippen LogP contribution in [0.1, 0.15) is 23.3 Å². The van der Waals surface area contributed by atoms with E-state index in [4.69, 9.17) is 16.3 Å². The molecule has 0 aliphatic carbocycles. The summed E-state index contributed by atoms with van der Waals surface area (Å²) in [7, 11) is 0. The predicted octanol–water partition coefficient (Wildman–Crippen LogP) is 3.32. The van der Waals surface area contributed by atoms with E-state index in [2.05, 4.69) is 4.98 Å². The number of nitrogens with zero attached hydrogens (tertiary/aromatic N) is 3. The Morgan fingerprint density at radius 1 is 1.15 bits per heavy atom. The number of anilines is 1. The van der Waals surface area contributed by atoms with Gasteiger partial charge in [0, 0.05) is 28.2 Å². The minimum absolute atomic E-state index is 0.194. The molecule has 0 N–H and O–H groups in total. The number of carbonyl (C=O) groups is 3. The van der Waals surface area contributed by atoms with Gasteiger partial charge in [-0.15, -0.1) is 0 Å². The standard InChI is InChI=1S/C23H18ClN3O5S2/c1-2-32-15(28)11-26-22-19(34-23(26)31)16(12-4-3-9-25-10-12)17-18(33-22)21(30)27(20(17)29)14-7-5-13(24)6-8-14/h3-10,16-18H,2,11H2,1H3/t16-,17?,18?/m1/s1. The Kier molecular flexibility index (Phi) is 6.05. The first-order valence-corrected chi connectivity index (χ1v) is 12.6. The largest absolute Gasteiger partial charge is 0.465 e. The molecule has 2 unspecified atom stereocenters. The third kappa shape index (κ3) is 3.75. The van der Waals surface area contributed by atoms with E-state index in [-0.39, 0.29) is 29.8 Å². The molecule has 3 aromatic rings. The van der Waals surface area contributed by atoms with Crippen molar-refractivity contribution in [2.24, 2.45) is 5.92 Å². The van der Waals surface area contributed by atoms with Gasteiger partial charge in [0.05, 0.1) is 23.2 Å². The number of fused-ring (bicyclic) bond motifs is 2. The summed E-state index contributed by atoms with van der Waals surface area (Å²) in [6.45, 7) is 1.63. The van der Waals surface area contributed by atoms with Crippen molar-refractivity contribution in [1.82, 2.24) is 9.55 Å². The van der Waals surface area contributed by atoms with Crippen LogP contribution >= 0.6 is 34.7 Å². The number of aromatic nitrogens is 2. The lowest BCUT2D eigenvalue weighted by Crippen LogP contribution is -2.32. The topological polar surface area (TPSA) is 98.6 Å². The summed E-state index contributed by atoms with van der Waals surface area (Å²) < 4.78 is 6.37. The zero-order valence-corrected chi connectivity index (χ0v) is 20.2. The van der Waals surface area contributed by atoms with E-state index in [1.165, 1.54) is 9.47 Å². The maximum atomic E-state index is 13.7. The zero-order valence-electron chi connectivity index (χ0n) is 17.8. The number of ether oxygens (including phenoxy) is 1. The van der Waals surface area contributed by atoms with Gasteiger partial charge in [0.25, 0.3) is 0 Å². The minimum Gasteiger partial charge on any atom is -0.465 e. The van der Waals surface area contributed by atoms with Gasteiger partial charge in [-0.25, -0.2) is 4.90 Å². The number of amides is 2. The molecule has 0 radical (unpaired) electrons. The van der Waals surface area contributed by atoms with Crippen LogP contribution in [0.15, 0.2) is 58.6 Å². The van der Waals surface area contributed by atoms with E-state index in [1.807, 2.05) is 6.07 Å². The van der Waals surface area contributed by atoms with Gasteiger partial charge >= 0.3 is 10.8 Å². The molecular weight excluding hydrogens is 498 g/mol. The van der Waals surface area contributed by atoms with Gasteiger partial charge in [-0.05, 0) is 42.8 Å². The van der Waals surface area contributed by atoms with Crippen molar-refractivity contribution in [2.45, 2.75) is 29.7 Å². The van der Waals surface area contributed by atoms with Crippen LogP contribution in [0.2, 0.25) is 5.02 Å². The lowest BCUT2D eigenvalue weighted by atomic mass is 9.84. The van der Waals surface area contributed by atoms with Gasteiger partial charge in [-0.2, -0.15) is 0 Å². The van der Waals surface area contributed by atoms with Crippen LogP contribution in [0.25, 0.3) is 0 Å². The van der Waals surface area contributed by atoms with Gasteiger partial charge in [0.2, 0.25) is 11.8 Å². The molecule has 8 nitrogen and oxygen atoms in total. The molecule has 5 rings (SSSR count). The number of thioether (sulfide) groups is 1. The number of hydrogen-bond donors (Lipinski definition) is 0. The van der Waals surface area contributed by atoms with Crippen LogP contribution in [0.3, 0.4) is 0 Å². The minimum atomic E-state index is -0.761. The summed E-state index contributed by atoms with van der Waals surface area (Å²) in [5.41, 5.74) is 1.16. The van der Waals surface area contributed by atoms with E-state index in [1.54, 1.807) is 49.6 Å². The molecule has 174 valence electrons. The second-order valence-electron chi connectivity index (χ2n) is 7.75. The fourth-order valence-corrected chi connectivity index (χ4v) is 7.25. The highest BCUT2D eigenvalue weighted by Crippen LogP contribution is 2.53. The first-order valence-electron chi connectivity index (χ1n) is 10.5. The third-order valence-electron chi connectivity index (χ3n) is 5.77. The van der Waals surface area contributed by atoms with E-state index in [9.17, 15) is 19.2 Å². The van der Waals surface area contributed by atoms with Gasteiger partial charge in [0.1, 0.15) is 11.8 Å². The normalized spacial score (nSPS) is 21.4.